The van der Waals surface area contributed by atoms with Gasteiger partial charge in [-0.2, -0.15) is 0 Å². The van der Waals surface area contributed by atoms with Crippen molar-refractivity contribution in [3.63, 3.8) is 0 Å². The molecule has 0 aliphatic carbocycles. The number of rotatable bonds is 4. The molecule has 1 fully saturated rings. The van der Waals surface area contributed by atoms with Crippen LogP contribution in [0.5, 0.6) is 5.75 Å². The Morgan fingerprint density at radius 3 is 2.55 bits per heavy atom. The van der Waals surface area contributed by atoms with Crippen LogP contribution in [0.25, 0.3) is 0 Å². The largest absolute Gasteiger partial charge is 0.497 e. The van der Waals surface area contributed by atoms with Crippen molar-refractivity contribution >= 4 is 0 Å². The summed E-state index contributed by atoms with van der Waals surface area (Å²) < 4.78 is 5.38. The smallest absolute Gasteiger partial charge is 0.119 e. The van der Waals surface area contributed by atoms with Crippen LogP contribution in [0.15, 0.2) is 54.6 Å². The van der Waals surface area contributed by atoms with Crippen LogP contribution in [0, 0.1) is 0 Å². The average Bonchev–Trinajstić information content (AvgIpc) is 3.03. The predicted octanol–water partition coefficient (Wildman–Crippen LogP) is 3.58. The standard InChI is InChI=1S/C18H21NO/c1-20-16-10-5-9-15(13-16)18(17-11-6-12-19-17)14-7-3-2-4-8-14/h2-5,7-10,13,17-19H,6,11-12H2,1H3/t17-,18-/m1/s1. The molecule has 20 heavy (non-hydrogen) atoms. The van der Waals surface area contributed by atoms with Crippen molar-refractivity contribution in [2.45, 2.75) is 24.8 Å². The topological polar surface area (TPSA) is 21.3 Å². The number of methoxy groups -OCH3 is 1. The first kappa shape index (κ1) is 13.2. The molecule has 3 rings (SSSR count). The lowest BCUT2D eigenvalue weighted by molar-refractivity contribution is 0.413. The molecule has 2 atom stereocenters. The van der Waals surface area contributed by atoms with Gasteiger partial charge in [0.25, 0.3) is 0 Å². The van der Waals surface area contributed by atoms with E-state index >= 15 is 0 Å². The lowest BCUT2D eigenvalue weighted by Crippen LogP contribution is -2.29. The van der Waals surface area contributed by atoms with Crippen molar-refractivity contribution in [1.29, 1.82) is 0 Å². The fourth-order valence-corrected chi connectivity index (χ4v) is 3.15. The molecule has 0 radical (unpaired) electrons. The summed E-state index contributed by atoms with van der Waals surface area (Å²) in [6.07, 6.45) is 2.49. The zero-order valence-electron chi connectivity index (χ0n) is 11.9. The molecule has 1 saturated heterocycles. The molecular formula is C18H21NO. The molecule has 1 heterocycles. The van der Waals surface area contributed by atoms with Gasteiger partial charge in [0.2, 0.25) is 0 Å². The predicted molar refractivity (Wildman–Crippen MR) is 82.3 cm³/mol. The van der Waals surface area contributed by atoms with E-state index in [0.29, 0.717) is 12.0 Å². The van der Waals surface area contributed by atoms with E-state index < -0.39 is 0 Å². The lowest BCUT2D eigenvalue weighted by atomic mass is 9.84. The van der Waals surface area contributed by atoms with Crippen molar-refractivity contribution in [2.75, 3.05) is 13.7 Å². The molecule has 0 saturated carbocycles. The molecule has 2 heteroatoms. The second kappa shape index (κ2) is 6.10. The second-order valence-corrected chi connectivity index (χ2v) is 5.37. The number of nitrogens with one attached hydrogen (secondary N) is 1. The van der Waals surface area contributed by atoms with Crippen LogP contribution < -0.4 is 10.1 Å². The van der Waals surface area contributed by atoms with E-state index in [-0.39, 0.29) is 0 Å². The highest BCUT2D eigenvalue weighted by Gasteiger charge is 2.27. The van der Waals surface area contributed by atoms with Gasteiger partial charge in [-0.25, -0.2) is 0 Å². The molecule has 2 nitrogen and oxygen atoms in total. The van der Waals surface area contributed by atoms with Gasteiger partial charge < -0.3 is 10.1 Å². The van der Waals surface area contributed by atoms with Crippen LogP contribution in [0.3, 0.4) is 0 Å². The maximum atomic E-state index is 5.38. The second-order valence-electron chi connectivity index (χ2n) is 5.37. The number of benzene rings is 2. The summed E-state index contributed by atoms with van der Waals surface area (Å²) in [7, 11) is 1.73. The third kappa shape index (κ3) is 2.70. The average molecular weight is 267 g/mol. The molecule has 0 aromatic heterocycles. The summed E-state index contributed by atoms with van der Waals surface area (Å²) in [4.78, 5) is 0. The van der Waals surface area contributed by atoms with E-state index in [1.165, 1.54) is 24.0 Å². The van der Waals surface area contributed by atoms with Crippen molar-refractivity contribution in [3.05, 3.63) is 65.7 Å². The fraction of sp³-hybridized carbons (Fsp3) is 0.333. The van der Waals surface area contributed by atoms with E-state index in [2.05, 4.69) is 53.8 Å². The summed E-state index contributed by atoms with van der Waals surface area (Å²) in [5, 5.41) is 3.65. The quantitative estimate of drug-likeness (QED) is 0.914. The maximum absolute atomic E-state index is 5.38. The van der Waals surface area contributed by atoms with Crippen molar-refractivity contribution < 1.29 is 4.74 Å². The SMILES string of the molecule is COc1cccc([C@@H](c2ccccc2)[C@H]2CCCN2)c1. The Balaban J connectivity index is 2.00. The zero-order valence-corrected chi connectivity index (χ0v) is 11.9. The molecule has 0 spiro atoms. The first-order valence-corrected chi connectivity index (χ1v) is 7.31. The summed E-state index contributed by atoms with van der Waals surface area (Å²) in [5.41, 5.74) is 2.70. The minimum absolute atomic E-state index is 0.397. The minimum atomic E-state index is 0.397. The van der Waals surface area contributed by atoms with Crippen LogP contribution in [0.4, 0.5) is 0 Å². The minimum Gasteiger partial charge on any atom is -0.497 e. The molecule has 2 aromatic carbocycles. The Hall–Kier alpha value is -1.80. The molecular weight excluding hydrogens is 246 g/mol. The van der Waals surface area contributed by atoms with Crippen molar-refractivity contribution in [2.24, 2.45) is 0 Å². The molecule has 0 bridgehead atoms. The van der Waals surface area contributed by atoms with E-state index in [0.717, 1.165) is 12.3 Å². The van der Waals surface area contributed by atoms with Gasteiger partial charge >= 0.3 is 0 Å². The molecule has 1 aliphatic heterocycles. The highest BCUT2D eigenvalue weighted by Crippen LogP contribution is 2.33. The van der Waals surface area contributed by atoms with Crippen LogP contribution in [-0.2, 0) is 0 Å². The van der Waals surface area contributed by atoms with Gasteiger partial charge in [0.05, 0.1) is 7.11 Å². The van der Waals surface area contributed by atoms with E-state index in [1.807, 2.05) is 6.07 Å². The Morgan fingerprint density at radius 2 is 1.85 bits per heavy atom. The van der Waals surface area contributed by atoms with Crippen LogP contribution in [0.1, 0.15) is 29.9 Å². The summed E-state index contributed by atoms with van der Waals surface area (Å²) in [6.45, 7) is 1.12. The first-order chi connectivity index (χ1) is 9.88. The number of hydrogen-bond acceptors (Lipinski definition) is 2. The molecule has 0 unspecified atom stereocenters. The molecule has 0 amide bonds. The van der Waals surface area contributed by atoms with Gasteiger partial charge in [-0.3, -0.25) is 0 Å². The van der Waals surface area contributed by atoms with E-state index in [9.17, 15) is 0 Å². The van der Waals surface area contributed by atoms with E-state index in [1.54, 1.807) is 7.11 Å². The summed E-state index contributed by atoms with van der Waals surface area (Å²) >= 11 is 0. The Morgan fingerprint density at radius 1 is 1.05 bits per heavy atom. The third-order valence-electron chi connectivity index (χ3n) is 4.11. The number of ether oxygens (including phenoxy) is 1. The maximum Gasteiger partial charge on any atom is 0.119 e. The summed E-state index contributed by atoms with van der Waals surface area (Å²) in [6, 6.07) is 19.8. The molecule has 1 aliphatic rings. The highest BCUT2D eigenvalue weighted by molar-refractivity contribution is 5.38. The van der Waals surface area contributed by atoms with Crippen LogP contribution >= 0.6 is 0 Å². The Kier molecular flexibility index (Phi) is 4.03. The Labute approximate surface area is 120 Å². The normalized spacial score (nSPS) is 19.8. The fourth-order valence-electron chi connectivity index (χ4n) is 3.15. The zero-order chi connectivity index (χ0) is 13.8. The van der Waals surface area contributed by atoms with Gasteiger partial charge in [0, 0.05) is 12.0 Å². The summed E-state index contributed by atoms with van der Waals surface area (Å²) in [5.74, 6) is 1.33. The van der Waals surface area contributed by atoms with Gasteiger partial charge in [-0.15, -0.1) is 0 Å². The number of hydrogen-bond donors (Lipinski definition) is 1. The van der Waals surface area contributed by atoms with Gasteiger partial charge in [-0.05, 0) is 42.6 Å². The monoisotopic (exact) mass is 267 g/mol. The third-order valence-corrected chi connectivity index (χ3v) is 4.11. The van der Waals surface area contributed by atoms with Gasteiger partial charge in [-0.1, -0.05) is 42.5 Å². The molecule has 104 valence electrons. The van der Waals surface area contributed by atoms with Crippen LogP contribution in [-0.4, -0.2) is 19.7 Å². The molecule has 1 N–H and O–H groups in total. The van der Waals surface area contributed by atoms with E-state index in [4.69, 9.17) is 4.74 Å². The lowest BCUT2D eigenvalue weighted by Gasteiger charge is -2.25. The van der Waals surface area contributed by atoms with Crippen LogP contribution in [0.2, 0.25) is 0 Å². The van der Waals surface area contributed by atoms with Crippen molar-refractivity contribution in [1.82, 2.24) is 5.32 Å². The Bertz CT molecular complexity index is 546. The molecule has 2 aromatic rings. The first-order valence-electron chi connectivity index (χ1n) is 7.31. The van der Waals surface area contributed by atoms with Crippen molar-refractivity contribution in [3.8, 4) is 5.75 Å². The van der Waals surface area contributed by atoms with Gasteiger partial charge in [0.15, 0.2) is 0 Å². The highest BCUT2D eigenvalue weighted by atomic mass is 16.5. The van der Waals surface area contributed by atoms with Gasteiger partial charge in [0.1, 0.15) is 5.75 Å².